The Balaban J connectivity index is 2.02. The number of rotatable bonds is 5. The van der Waals surface area contributed by atoms with Gasteiger partial charge in [0.1, 0.15) is 0 Å². The Morgan fingerprint density at radius 3 is 2.94 bits per heavy atom. The zero-order valence-electron chi connectivity index (χ0n) is 10.8. The van der Waals surface area contributed by atoms with E-state index in [4.69, 9.17) is 0 Å². The van der Waals surface area contributed by atoms with E-state index < -0.39 is 0 Å². The second kappa shape index (κ2) is 6.96. The molecule has 102 valence electrons. The summed E-state index contributed by atoms with van der Waals surface area (Å²) in [6.45, 7) is 3.00. The number of aromatic nitrogens is 2. The number of halogens is 1. The van der Waals surface area contributed by atoms with E-state index in [1.165, 1.54) is 24.3 Å². The normalized spacial score (nSPS) is 19.1. The summed E-state index contributed by atoms with van der Waals surface area (Å²) in [7, 11) is 0. The van der Waals surface area contributed by atoms with E-state index in [1.807, 2.05) is 16.4 Å². The lowest BCUT2D eigenvalue weighted by atomic mass is 9.94. The van der Waals surface area contributed by atoms with Crippen molar-refractivity contribution < 1.29 is 5.11 Å². The van der Waals surface area contributed by atoms with Gasteiger partial charge in [0.25, 0.3) is 0 Å². The van der Waals surface area contributed by atoms with Gasteiger partial charge in [0, 0.05) is 6.54 Å². The van der Waals surface area contributed by atoms with Crippen LogP contribution in [-0.4, -0.2) is 26.4 Å². The van der Waals surface area contributed by atoms with Crippen LogP contribution in [0, 0.1) is 5.92 Å². The van der Waals surface area contributed by atoms with Crippen LogP contribution in [-0.2, 0) is 6.54 Å². The highest BCUT2D eigenvalue weighted by molar-refractivity contribution is 9.10. The van der Waals surface area contributed by atoms with Gasteiger partial charge in [-0.1, -0.05) is 6.92 Å². The molecule has 1 aliphatic heterocycles. The Morgan fingerprint density at radius 1 is 1.56 bits per heavy atom. The van der Waals surface area contributed by atoms with E-state index in [0.29, 0.717) is 5.92 Å². The molecule has 1 saturated heterocycles. The molecule has 0 aliphatic carbocycles. The Bertz CT molecular complexity index is 377. The molecule has 0 radical (unpaired) electrons. The molecule has 1 atom stereocenters. The van der Waals surface area contributed by atoms with Crippen molar-refractivity contribution in [3.05, 3.63) is 16.4 Å². The first kappa shape index (κ1) is 14.4. The fourth-order valence-electron chi connectivity index (χ4n) is 2.50. The van der Waals surface area contributed by atoms with Crippen molar-refractivity contribution >= 4 is 27.7 Å². The summed E-state index contributed by atoms with van der Waals surface area (Å²) in [4.78, 5) is 0. The Kier molecular flexibility index (Phi) is 5.57. The van der Waals surface area contributed by atoms with Gasteiger partial charge in [-0.2, -0.15) is 16.9 Å². The van der Waals surface area contributed by atoms with Gasteiger partial charge >= 0.3 is 0 Å². The van der Waals surface area contributed by atoms with Gasteiger partial charge < -0.3 is 5.11 Å². The molecule has 0 spiro atoms. The van der Waals surface area contributed by atoms with Crippen molar-refractivity contribution in [3.8, 4) is 0 Å². The highest BCUT2D eigenvalue weighted by atomic mass is 79.9. The summed E-state index contributed by atoms with van der Waals surface area (Å²) in [5.74, 6) is 3.15. The van der Waals surface area contributed by atoms with Gasteiger partial charge in [-0.25, -0.2) is 0 Å². The zero-order chi connectivity index (χ0) is 13.0. The van der Waals surface area contributed by atoms with E-state index >= 15 is 0 Å². The molecule has 1 aliphatic rings. The minimum absolute atomic E-state index is 0.387. The molecule has 0 amide bonds. The number of aryl methyl sites for hydroxylation is 1. The monoisotopic (exact) mass is 332 g/mol. The zero-order valence-corrected chi connectivity index (χ0v) is 13.2. The Labute approximate surface area is 121 Å². The minimum atomic E-state index is -0.387. The van der Waals surface area contributed by atoms with Crippen molar-refractivity contribution in [1.29, 1.82) is 0 Å². The molecule has 0 saturated carbocycles. The van der Waals surface area contributed by atoms with Gasteiger partial charge in [-0.05, 0) is 59.0 Å². The van der Waals surface area contributed by atoms with Crippen LogP contribution in [0.5, 0.6) is 0 Å². The number of thioether (sulfide) groups is 1. The number of aliphatic hydroxyl groups excluding tert-OH is 1. The topological polar surface area (TPSA) is 38.0 Å². The average Bonchev–Trinajstić information content (AvgIpc) is 2.72. The van der Waals surface area contributed by atoms with Crippen LogP contribution in [0.4, 0.5) is 0 Å². The minimum Gasteiger partial charge on any atom is -0.387 e. The Hall–Kier alpha value is -0.0000000000000000555. The fraction of sp³-hybridized carbons (Fsp3) is 0.769. The van der Waals surface area contributed by atoms with Crippen molar-refractivity contribution in [2.24, 2.45) is 5.92 Å². The van der Waals surface area contributed by atoms with E-state index in [2.05, 4.69) is 28.0 Å². The van der Waals surface area contributed by atoms with Crippen molar-refractivity contribution in [3.63, 3.8) is 0 Å². The molecule has 3 nitrogen and oxygen atoms in total. The van der Waals surface area contributed by atoms with Gasteiger partial charge in [0.15, 0.2) is 0 Å². The van der Waals surface area contributed by atoms with E-state index in [9.17, 15) is 5.11 Å². The molecular formula is C13H21BrN2OS. The van der Waals surface area contributed by atoms with Crippen molar-refractivity contribution in [2.45, 2.75) is 45.3 Å². The van der Waals surface area contributed by atoms with Gasteiger partial charge in [-0.3, -0.25) is 4.68 Å². The summed E-state index contributed by atoms with van der Waals surface area (Å²) < 4.78 is 2.88. The van der Waals surface area contributed by atoms with Crippen LogP contribution in [0.15, 0.2) is 10.7 Å². The maximum absolute atomic E-state index is 10.5. The maximum Gasteiger partial charge on any atom is 0.0970 e. The highest BCUT2D eigenvalue weighted by Gasteiger charge is 2.23. The predicted molar refractivity (Wildman–Crippen MR) is 79.8 cm³/mol. The molecule has 0 aromatic carbocycles. The largest absolute Gasteiger partial charge is 0.387 e. The first-order valence-corrected chi connectivity index (χ1v) is 8.64. The first-order valence-electron chi connectivity index (χ1n) is 6.69. The lowest BCUT2D eigenvalue weighted by Crippen LogP contribution is -2.16. The molecule has 0 bridgehead atoms. The molecule has 1 fully saturated rings. The van der Waals surface area contributed by atoms with Crippen LogP contribution in [0.1, 0.15) is 44.4 Å². The van der Waals surface area contributed by atoms with Crippen LogP contribution in [0.25, 0.3) is 0 Å². The predicted octanol–water partition coefficient (Wildman–Crippen LogP) is 3.62. The van der Waals surface area contributed by atoms with Crippen LogP contribution < -0.4 is 0 Å². The second-order valence-corrected chi connectivity index (χ2v) is 6.99. The molecule has 1 unspecified atom stereocenters. The lowest BCUT2D eigenvalue weighted by molar-refractivity contribution is 0.130. The maximum atomic E-state index is 10.5. The second-order valence-electron chi connectivity index (χ2n) is 4.91. The smallest absolute Gasteiger partial charge is 0.0970 e. The number of nitrogens with zero attached hydrogens (tertiary/aromatic N) is 2. The van der Waals surface area contributed by atoms with Crippen LogP contribution >= 0.6 is 27.7 Å². The number of hydrogen-bond donors (Lipinski definition) is 1. The Morgan fingerprint density at radius 2 is 2.28 bits per heavy atom. The quantitative estimate of drug-likeness (QED) is 0.894. The SMILES string of the molecule is CCCn1ncc(Br)c1C(O)CC1CCSCC1. The lowest BCUT2D eigenvalue weighted by Gasteiger charge is -2.24. The van der Waals surface area contributed by atoms with E-state index in [-0.39, 0.29) is 6.10 Å². The van der Waals surface area contributed by atoms with Gasteiger partial charge in [0.05, 0.1) is 22.5 Å². The van der Waals surface area contributed by atoms with Crippen LogP contribution in [0.3, 0.4) is 0 Å². The van der Waals surface area contributed by atoms with Crippen molar-refractivity contribution in [2.75, 3.05) is 11.5 Å². The van der Waals surface area contributed by atoms with E-state index in [0.717, 1.165) is 29.6 Å². The molecule has 1 aromatic rings. The van der Waals surface area contributed by atoms with Crippen LogP contribution in [0.2, 0.25) is 0 Å². The van der Waals surface area contributed by atoms with Crippen molar-refractivity contribution in [1.82, 2.24) is 9.78 Å². The summed E-state index contributed by atoms with van der Waals surface area (Å²) >= 11 is 5.53. The standard InChI is InChI=1S/C13H21BrN2OS/c1-2-5-16-13(11(14)9-15-16)12(17)8-10-3-6-18-7-4-10/h9-10,12,17H,2-8H2,1H3. The summed E-state index contributed by atoms with van der Waals surface area (Å²) in [5.41, 5.74) is 0.954. The highest BCUT2D eigenvalue weighted by Crippen LogP contribution is 2.33. The summed E-state index contributed by atoms with van der Waals surface area (Å²) in [6.07, 6.45) is 5.79. The third-order valence-electron chi connectivity index (χ3n) is 3.48. The third kappa shape index (κ3) is 3.52. The summed E-state index contributed by atoms with van der Waals surface area (Å²) in [6, 6.07) is 0. The summed E-state index contributed by atoms with van der Waals surface area (Å²) in [5, 5.41) is 14.8. The molecular weight excluding hydrogens is 312 g/mol. The molecule has 18 heavy (non-hydrogen) atoms. The molecule has 5 heteroatoms. The average molecular weight is 333 g/mol. The van der Waals surface area contributed by atoms with Gasteiger partial charge in [-0.15, -0.1) is 0 Å². The number of aliphatic hydroxyl groups is 1. The molecule has 2 heterocycles. The van der Waals surface area contributed by atoms with Gasteiger partial charge in [0.2, 0.25) is 0 Å². The number of hydrogen-bond acceptors (Lipinski definition) is 3. The first-order chi connectivity index (χ1) is 8.72. The third-order valence-corrected chi connectivity index (χ3v) is 5.14. The molecule has 2 rings (SSSR count). The molecule has 1 N–H and O–H groups in total. The molecule has 1 aromatic heterocycles. The van der Waals surface area contributed by atoms with E-state index in [1.54, 1.807) is 6.20 Å². The fourth-order valence-corrected chi connectivity index (χ4v) is 4.27.